The molecule has 1 aliphatic rings. The summed E-state index contributed by atoms with van der Waals surface area (Å²) in [5, 5.41) is 0. The highest BCUT2D eigenvalue weighted by Crippen LogP contribution is 2.29. The summed E-state index contributed by atoms with van der Waals surface area (Å²) in [6, 6.07) is 7.46. The van der Waals surface area contributed by atoms with E-state index in [1.54, 1.807) is 0 Å². The molecule has 0 unspecified atom stereocenters. The second kappa shape index (κ2) is 6.11. The Balaban J connectivity index is 2.09. The Morgan fingerprint density at radius 2 is 2.05 bits per heavy atom. The molecule has 20 heavy (non-hydrogen) atoms. The minimum absolute atomic E-state index is 0.121. The van der Waals surface area contributed by atoms with Crippen molar-refractivity contribution in [3.63, 3.8) is 0 Å². The van der Waals surface area contributed by atoms with E-state index in [1.807, 2.05) is 29.2 Å². The molecular weight excluding hydrogens is 248 g/mol. The zero-order valence-electron chi connectivity index (χ0n) is 12.3. The van der Waals surface area contributed by atoms with Gasteiger partial charge < -0.3 is 10.6 Å². The van der Waals surface area contributed by atoms with Crippen molar-refractivity contribution in [2.75, 3.05) is 19.6 Å². The van der Waals surface area contributed by atoms with Crippen LogP contribution in [-0.2, 0) is 0 Å². The maximum atomic E-state index is 12.5. The van der Waals surface area contributed by atoms with Crippen molar-refractivity contribution in [1.82, 2.24) is 4.90 Å². The summed E-state index contributed by atoms with van der Waals surface area (Å²) in [5.74, 6) is 5.89. The Morgan fingerprint density at radius 3 is 2.65 bits per heavy atom. The van der Waals surface area contributed by atoms with Gasteiger partial charge >= 0.3 is 0 Å². The molecule has 0 aliphatic carbocycles. The number of piperidine rings is 1. The first kappa shape index (κ1) is 14.6. The van der Waals surface area contributed by atoms with Crippen LogP contribution in [0.3, 0.4) is 0 Å². The SMILES string of the molecule is CC1(C)CCCN(C(=O)c2ccc(C#CCN)cc2)C1. The minimum atomic E-state index is 0.121. The van der Waals surface area contributed by atoms with Crippen LogP contribution in [0.2, 0.25) is 0 Å². The summed E-state index contributed by atoms with van der Waals surface area (Å²) in [7, 11) is 0. The first-order valence-electron chi connectivity index (χ1n) is 7.10. The summed E-state index contributed by atoms with van der Waals surface area (Å²) >= 11 is 0. The van der Waals surface area contributed by atoms with Crippen LogP contribution in [0.4, 0.5) is 0 Å². The van der Waals surface area contributed by atoms with Crippen molar-refractivity contribution in [2.24, 2.45) is 11.1 Å². The van der Waals surface area contributed by atoms with Gasteiger partial charge in [0, 0.05) is 24.2 Å². The molecule has 1 heterocycles. The molecule has 1 amide bonds. The summed E-state index contributed by atoms with van der Waals surface area (Å²) in [6.45, 7) is 6.48. The fourth-order valence-corrected chi connectivity index (χ4v) is 2.63. The second-order valence-electron chi connectivity index (χ2n) is 6.08. The van der Waals surface area contributed by atoms with Crippen LogP contribution < -0.4 is 5.73 Å². The maximum absolute atomic E-state index is 12.5. The average Bonchev–Trinajstić information content (AvgIpc) is 2.44. The summed E-state index contributed by atoms with van der Waals surface area (Å²) in [4.78, 5) is 14.4. The standard InChI is InChI=1S/C17H22N2O/c1-17(2)10-4-12-19(13-17)16(20)15-8-6-14(7-9-15)5-3-11-18/h6-9H,4,10-13,18H2,1-2H3. The van der Waals surface area contributed by atoms with Gasteiger partial charge in [0.25, 0.3) is 5.91 Å². The van der Waals surface area contributed by atoms with Gasteiger partial charge in [-0.15, -0.1) is 0 Å². The number of likely N-dealkylation sites (tertiary alicyclic amines) is 1. The molecule has 106 valence electrons. The lowest BCUT2D eigenvalue weighted by molar-refractivity contribution is 0.0583. The van der Waals surface area contributed by atoms with Crippen LogP contribution >= 0.6 is 0 Å². The molecule has 3 heteroatoms. The first-order chi connectivity index (χ1) is 9.52. The quantitative estimate of drug-likeness (QED) is 0.796. The molecule has 1 saturated heterocycles. The highest BCUT2D eigenvalue weighted by Gasteiger charge is 2.29. The molecular formula is C17H22N2O. The van der Waals surface area contributed by atoms with E-state index in [9.17, 15) is 4.79 Å². The van der Waals surface area contributed by atoms with E-state index in [4.69, 9.17) is 5.73 Å². The summed E-state index contributed by atoms with van der Waals surface area (Å²) in [6.07, 6.45) is 2.27. The molecule has 1 aromatic rings. The average molecular weight is 270 g/mol. The third kappa shape index (κ3) is 3.61. The van der Waals surface area contributed by atoms with Crippen molar-refractivity contribution in [3.05, 3.63) is 35.4 Å². The fourth-order valence-electron chi connectivity index (χ4n) is 2.63. The minimum Gasteiger partial charge on any atom is -0.338 e. The predicted molar refractivity (Wildman–Crippen MR) is 81.3 cm³/mol. The largest absolute Gasteiger partial charge is 0.338 e. The Kier molecular flexibility index (Phi) is 4.46. The molecule has 3 nitrogen and oxygen atoms in total. The van der Waals surface area contributed by atoms with Crippen LogP contribution in [0.1, 0.15) is 42.6 Å². The highest BCUT2D eigenvalue weighted by atomic mass is 16.2. The number of hydrogen-bond donors (Lipinski definition) is 1. The van der Waals surface area contributed by atoms with E-state index in [0.29, 0.717) is 6.54 Å². The number of hydrogen-bond acceptors (Lipinski definition) is 2. The molecule has 0 radical (unpaired) electrons. The van der Waals surface area contributed by atoms with E-state index in [-0.39, 0.29) is 11.3 Å². The number of rotatable bonds is 1. The number of benzene rings is 1. The molecule has 1 aromatic carbocycles. The van der Waals surface area contributed by atoms with Gasteiger partial charge in [-0.2, -0.15) is 0 Å². The first-order valence-corrected chi connectivity index (χ1v) is 7.10. The lowest BCUT2D eigenvalue weighted by Gasteiger charge is -2.38. The van der Waals surface area contributed by atoms with Crippen molar-refractivity contribution >= 4 is 5.91 Å². The second-order valence-corrected chi connectivity index (χ2v) is 6.08. The molecule has 1 fully saturated rings. The highest BCUT2D eigenvalue weighted by molar-refractivity contribution is 5.94. The van der Waals surface area contributed by atoms with Crippen molar-refractivity contribution in [3.8, 4) is 11.8 Å². The normalized spacial score (nSPS) is 17.2. The Morgan fingerprint density at radius 1 is 1.35 bits per heavy atom. The molecule has 0 bridgehead atoms. The zero-order valence-corrected chi connectivity index (χ0v) is 12.3. The Hall–Kier alpha value is -1.79. The van der Waals surface area contributed by atoms with Crippen LogP contribution in [0, 0.1) is 17.3 Å². The number of carbonyl (C=O) groups is 1. The van der Waals surface area contributed by atoms with Crippen LogP contribution in [0.25, 0.3) is 0 Å². The zero-order chi connectivity index (χ0) is 14.6. The van der Waals surface area contributed by atoms with Gasteiger partial charge in [-0.3, -0.25) is 4.79 Å². The Bertz CT molecular complexity index is 534. The molecule has 1 aliphatic heterocycles. The monoisotopic (exact) mass is 270 g/mol. The van der Waals surface area contributed by atoms with Gasteiger partial charge in [-0.25, -0.2) is 0 Å². The molecule has 0 aromatic heterocycles. The van der Waals surface area contributed by atoms with Crippen LogP contribution in [0.5, 0.6) is 0 Å². The maximum Gasteiger partial charge on any atom is 0.253 e. The van der Waals surface area contributed by atoms with E-state index in [2.05, 4.69) is 25.7 Å². The van der Waals surface area contributed by atoms with Crippen LogP contribution in [0.15, 0.2) is 24.3 Å². The van der Waals surface area contributed by atoms with Crippen molar-refractivity contribution < 1.29 is 4.79 Å². The van der Waals surface area contributed by atoms with Gasteiger partial charge in [-0.1, -0.05) is 25.7 Å². The lowest BCUT2D eigenvalue weighted by Crippen LogP contribution is -2.43. The summed E-state index contributed by atoms with van der Waals surface area (Å²) in [5.41, 5.74) is 7.20. The third-order valence-electron chi connectivity index (χ3n) is 3.65. The van der Waals surface area contributed by atoms with Gasteiger partial charge in [0.05, 0.1) is 6.54 Å². The van der Waals surface area contributed by atoms with E-state index in [0.717, 1.165) is 30.6 Å². The number of carbonyl (C=O) groups excluding carboxylic acids is 1. The van der Waals surface area contributed by atoms with Gasteiger partial charge in [0.1, 0.15) is 0 Å². The van der Waals surface area contributed by atoms with Gasteiger partial charge in [0.15, 0.2) is 0 Å². The van der Waals surface area contributed by atoms with E-state index < -0.39 is 0 Å². The molecule has 0 saturated carbocycles. The Labute approximate surface area is 121 Å². The van der Waals surface area contributed by atoms with Crippen molar-refractivity contribution in [1.29, 1.82) is 0 Å². The molecule has 0 spiro atoms. The number of amides is 1. The lowest BCUT2D eigenvalue weighted by atomic mass is 9.84. The van der Waals surface area contributed by atoms with E-state index >= 15 is 0 Å². The fraction of sp³-hybridized carbons (Fsp3) is 0.471. The third-order valence-corrected chi connectivity index (χ3v) is 3.65. The number of nitrogens with two attached hydrogens (primary N) is 1. The smallest absolute Gasteiger partial charge is 0.253 e. The topological polar surface area (TPSA) is 46.3 Å². The number of nitrogens with zero attached hydrogens (tertiary/aromatic N) is 1. The molecule has 2 N–H and O–H groups in total. The van der Waals surface area contributed by atoms with Gasteiger partial charge in [0.2, 0.25) is 0 Å². The molecule has 2 rings (SSSR count). The van der Waals surface area contributed by atoms with Crippen LogP contribution in [-0.4, -0.2) is 30.4 Å². The van der Waals surface area contributed by atoms with Crippen molar-refractivity contribution in [2.45, 2.75) is 26.7 Å². The molecule has 0 atom stereocenters. The van der Waals surface area contributed by atoms with E-state index in [1.165, 1.54) is 6.42 Å². The van der Waals surface area contributed by atoms with Gasteiger partial charge in [-0.05, 0) is 42.5 Å². The predicted octanol–water partition coefficient (Wildman–Crippen LogP) is 2.26. The summed E-state index contributed by atoms with van der Waals surface area (Å²) < 4.78 is 0.